The normalized spacial score (nSPS) is 10.9. The summed E-state index contributed by atoms with van der Waals surface area (Å²) in [6, 6.07) is 4.08. The Labute approximate surface area is 80.2 Å². The zero-order chi connectivity index (χ0) is 10.7. The molecule has 1 atom stereocenters. The number of hydrogen-bond acceptors (Lipinski definition) is 4. The molecule has 7 heteroatoms. The minimum absolute atomic E-state index is 0.0443. The highest BCUT2D eigenvalue weighted by molar-refractivity contribution is 7.32. The number of benzene rings is 1. The van der Waals surface area contributed by atoms with E-state index in [1.165, 1.54) is 25.1 Å². The van der Waals surface area contributed by atoms with Gasteiger partial charge in [-0.1, -0.05) is 6.07 Å². The highest BCUT2D eigenvalue weighted by Crippen LogP contribution is 2.31. The van der Waals surface area contributed by atoms with E-state index in [1.807, 2.05) is 0 Å². The monoisotopic (exact) mass is 216 g/mol. The van der Waals surface area contributed by atoms with Crippen molar-refractivity contribution in [1.82, 2.24) is 0 Å². The first-order valence-electron chi connectivity index (χ1n) is 3.60. The maximum absolute atomic E-state index is 10.5. The highest BCUT2D eigenvalue weighted by Gasteiger charge is 2.21. The lowest BCUT2D eigenvalue weighted by molar-refractivity contribution is -0.385. The fraction of sp³-hybridized carbons (Fsp3) is 0.143. The maximum Gasteiger partial charge on any atom is 0.747 e. The molecular formula is C7H7NO5P+. The Bertz CT molecular complexity index is 392. The van der Waals surface area contributed by atoms with Gasteiger partial charge in [0, 0.05) is 10.6 Å². The quantitative estimate of drug-likeness (QED) is 0.473. The first-order valence-corrected chi connectivity index (χ1v) is 4.73. The van der Waals surface area contributed by atoms with E-state index in [4.69, 9.17) is 4.89 Å². The van der Waals surface area contributed by atoms with Crippen LogP contribution in [0.2, 0.25) is 0 Å². The molecule has 74 valence electrons. The van der Waals surface area contributed by atoms with Crippen molar-refractivity contribution >= 4 is 13.9 Å². The van der Waals surface area contributed by atoms with E-state index in [1.54, 1.807) is 0 Å². The largest absolute Gasteiger partial charge is 0.747 e. The van der Waals surface area contributed by atoms with Crippen molar-refractivity contribution < 1.29 is 18.9 Å². The van der Waals surface area contributed by atoms with Crippen molar-refractivity contribution in [1.29, 1.82) is 0 Å². The smallest absolute Gasteiger partial charge is 0.258 e. The van der Waals surface area contributed by atoms with Gasteiger partial charge in [-0.05, 0) is 13.0 Å². The van der Waals surface area contributed by atoms with Gasteiger partial charge < -0.3 is 0 Å². The summed E-state index contributed by atoms with van der Waals surface area (Å²) in [4.78, 5) is 18.4. The summed E-state index contributed by atoms with van der Waals surface area (Å²) < 4.78 is 14.9. The molecule has 0 saturated heterocycles. The van der Waals surface area contributed by atoms with Crippen LogP contribution in [0.5, 0.6) is 5.75 Å². The molecule has 0 amide bonds. The van der Waals surface area contributed by atoms with E-state index in [-0.39, 0.29) is 17.0 Å². The third kappa shape index (κ3) is 2.25. The molecular weight excluding hydrogens is 209 g/mol. The molecule has 1 unspecified atom stereocenters. The van der Waals surface area contributed by atoms with Crippen LogP contribution in [-0.4, -0.2) is 9.82 Å². The standard InChI is InChI=1S/C7H6NO5P/c1-5-6(8(9)10)3-2-4-7(5)13-14(11)12/h2-4H,1H3/p+1. The molecule has 1 aromatic carbocycles. The zero-order valence-corrected chi connectivity index (χ0v) is 8.10. The summed E-state index contributed by atoms with van der Waals surface area (Å²) in [6.45, 7) is 1.45. The average Bonchev–Trinajstić information content (AvgIpc) is 2.07. The second-order valence-corrected chi connectivity index (χ2v) is 3.14. The average molecular weight is 216 g/mol. The Hall–Kier alpha value is -1.52. The molecule has 1 aromatic rings. The van der Waals surface area contributed by atoms with Gasteiger partial charge in [0.15, 0.2) is 5.75 Å². The van der Waals surface area contributed by atoms with Crippen molar-refractivity contribution in [2.45, 2.75) is 6.92 Å². The lowest BCUT2D eigenvalue weighted by Gasteiger charge is -1.98. The van der Waals surface area contributed by atoms with Crippen LogP contribution in [0.1, 0.15) is 5.56 Å². The molecule has 0 bridgehead atoms. The van der Waals surface area contributed by atoms with Gasteiger partial charge in [-0.15, -0.1) is 4.89 Å². The van der Waals surface area contributed by atoms with Crippen LogP contribution in [0.25, 0.3) is 0 Å². The number of nitro benzene ring substituents is 1. The van der Waals surface area contributed by atoms with E-state index in [9.17, 15) is 14.7 Å². The summed E-state index contributed by atoms with van der Waals surface area (Å²) in [6.07, 6.45) is 0. The Morgan fingerprint density at radius 3 is 2.71 bits per heavy atom. The van der Waals surface area contributed by atoms with Gasteiger partial charge >= 0.3 is 8.25 Å². The summed E-state index contributed by atoms with van der Waals surface area (Å²) in [5.41, 5.74) is 0.0919. The van der Waals surface area contributed by atoms with Crippen LogP contribution >= 0.6 is 8.25 Å². The second-order valence-electron chi connectivity index (χ2n) is 2.49. The van der Waals surface area contributed by atoms with Gasteiger partial charge in [-0.2, -0.15) is 0 Å². The highest BCUT2D eigenvalue weighted by atomic mass is 31.1. The number of nitro groups is 1. The number of nitrogens with zero attached hydrogens (tertiary/aromatic N) is 1. The Balaban J connectivity index is 3.13. The lowest BCUT2D eigenvalue weighted by Crippen LogP contribution is -1.93. The van der Waals surface area contributed by atoms with Crippen molar-refractivity contribution in [2.24, 2.45) is 0 Å². The van der Waals surface area contributed by atoms with Crippen LogP contribution in [0.15, 0.2) is 18.2 Å². The van der Waals surface area contributed by atoms with E-state index in [2.05, 4.69) is 4.52 Å². The van der Waals surface area contributed by atoms with E-state index >= 15 is 0 Å². The van der Waals surface area contributed by atoms with Gasteiger partial charge in [0.2, 0.25) is 0 Å². The SMILES string of the molecule is Cc1c(O[P+](=O)O)cccc1[N+](=O)[O-]. The van der Waals surface area contributed by atoms with Crippen LogP contribution in [0.4, 0.5) is 5.69 Å². The summed E-state index contributed by atoms with van der Waals surface area (Å²) in [5.74, 6) is 0.0443. The van der Waals surface area contributed by atoms with Gasteiger partial charge in [0.05, 0.1) is 10.5 Å². The molecule has 0 radical (unpaired) electrons. The minimum atomic E-state index is -2.80. The predicted molar refractivity (Wildman–Crippen MR) is 48.3 cm³/mol. The first-order chi connectivity index (χ1) is 6.52. The van der Waals surface area contributed by atoms with Crippen molar-refractivity contribution in [3.63, 3.8) is 0 Å². The molecule has 0 aliphatic rings. The summed E-state index contributed by atoms with van der Waals surface area (Å²) in [7, 11) is -2.80. The number of rotatable bonds is 3. The molecule has 0 aliphatic heterocycles. The molecule has 1 N–H and O–H groups in total. The fourth-order valence-corrected chi connectivity index (χ4v) is 1.35. The van der Waals surface area contributed by atoms with Crippen LogP contribution < -0.4 is 4.52 Å². The number of hydrogen-bond donors (Lipinski definition) is 1. The Morgan fingerprint density at radius 2 is 2.21 bits per heavy atom. The molecule has 0 heterocycles. The third-order valence-corrected chi connectivity index (χ3v) is 1.98. The summed E-state index contributed by atoms with van der Waals surface area (Å²) >= 11 is 0. The van der Waals surface area contributed by atoms with E-state index in [0.717, 1.165) is 0 Å². The fourth-order valence-electron chi connectivity index (χ4n) is 0.984. The van der Waals surface area contributed by atoms with Crippen molar-refractivity contribution in [2.75, 3.05) is 0 Å². The molecule has 0 spiro atoms. The molecule has 0 saturated carbocycles. The van der Waals surface area contributed by atoms with Crippen molar-refractivity contribution in [3.8, 4) is 5.75 Å². The van der Waals surface area contributed by atoms with Crippen LogP contribution in [-0.2, 0) is 4.57 Å². The molecule has 1 rings (SSSR count). The first kappa shape index (κ1) is 10.6. The molecule has 0 fully saturated rings. The van der Waals surface area contributed by atoms with Crippen molar-refractivity contribution in [3.05, 3.63) is 33.9 Å². The third-order valence-electron chi connectivity index (χ3n) is 1.63. The van der Waals surface area contributed by atoms with Gasteiger partial charge in [0.1, 0.15) is 0 Å². The molecule has 14 heavy (non-hydrogen) atoms. The van der Waals surface area contributed by atoms with Gasteiger partial charge in [0.25, 0.3) is 5.69 Å². The maximum atomic E-state index is 10.5. The Kier molecular flexibility index (Phi) is 3.11. The van der Waals surface area contributed by atoms with Gasteiger partial charge in [-0.25, -0.2) is 4.52 Å². The van der Waals surface area contributed by atoms with Crippen LogP contribution in [0.3, 0.4) is 0 Å². The molecule has 0 aromatic heterocycles. The molecule has 6 nitrogen and oxygen atoms in total. The zero-order valence-electron chi connectivity index (χ0n) is 7.21. The lowest BCUT2D eigenvalue weighted by atomic mass is 10.2. The van der Waals surface area contributed by atoms with Crippen LogP contribution in [0, 0.1) is 17.0 Å². The topological polar surface area (TPSA) is 89.7 Å². The van der Waals surface area contributed by atoms with Gasteiger partial charge in [-0.3, -0.25) is 10.1 Å². The summed E-state index contributed by atoms with van der Waals surface area (Å²) in [5, 5.41) is 10.5. The van der Waals surface area contributed by atoms with E-state index < -0.39 is 13.2 Å². The predicted octanol–water partition coefficient (Wildman–Crippen LogP) is 1.93. The second kappa shape index (κ2) is 4.13. The Morgan fingerprint density at radius 1 is 1.57 bits per heavy atom. The van der Waals surface area contributed by atoms with E-state index in [0.29, 0.717) is 0 Å². The minimum Gasteiger partial charge on any atom is -0.258 e. The molecule has 0 aliphatic carbocycles.